The zero-order valence-electron chi connectivity index (χ0n) is 8.57. The van der Waals surface area contributed by atoms with Gasteiger partial charge in [0.25, 0.3) is 0 Å². The van der Waals surface area contributed by atoms with Crippen molar-refractivity contribution in [2.75, 3.05) is 5.73 Å². The third-order valence-corrected chi connectivity index (χ3v) is 1.75. The van der Waals surface area contributed by atoms with E-state index in [1.54, 1.807) is 33.0 Å². The molecule has 0 aliphatic carbocycles. The van der Waals surface area contributed by atoms with Crippen LogP contribution in [0.25, 0.3) is 0 Å². The molecule has 0 aliphatic rings. The fourth-order valence-corrected chi connectivity index (χ4v) is 1.03. The fourth-order valence-electron chi connectivity index (χ4n) is 1.03. The number of nitrogen functional groups attached to an aromatic ring is 1. The fraction of sp³-hybridized carbons (Fsp3) is 0.400. The highest BCUT2D eigenvalue weighted by Crippen LogP contribution is 2.15. The quantitative estimate of drug-likeness (QED) is 0.725. The van der Waals surface area contributed by atoms with Gasteiger partial charge in [-0.3, -0.25) is 4.98 Å². The van der Waals surface area contributed by atoms with Crippen molar-refractivity contribution >= 4 is 11.7 Å². The van der Waals surface area contributed by atoms with Crippen molar-refractivity contribution < 1.29 is 9.53 Å². The van der Waals surface area contributed by atoms with Crippen LogP contribution in [-0.2, 0) is 4.74 Å². The van der Waals surface area contributed by atoms with Gasteiger partial charge in [-0.1, -0.05) is 0 Å². The Labute approximate surface area is 83.1 Å². The van der Waals surface area contributed by atoms with Crippen LogP contribution in [0.3, 0.4) is 0 Å². The number of hydrogen-bond donors (Lipinski definition) is 1. The Morgan fingerprint density at radius 1 is 1.57 bits per heavy atom. The average Bonchev–Trinajstić information content (AvgIpc) is 2.08. The summed E-state index contributed by atoms with van der Waals surface area (Å²) in [6, 6.07) is 1.56. The number of aryl methyl sites for hydroxylation is 1. The van der Waals surface area contributed by atoms with Crippen LogP contribution >= 0.6 is 0 Å². The maximum Gasteiger partial charge on any atom is 0.340 e. The normalized spacial score (nSPS) is 10.3. The summed E-state index contributed by atoms with van der Waals surface area (Å²) in [4.78, 5) is 15.5. The van der Waals surface area contributed by atoms with E-state index in [9.17, 15) is 4.79 Å². The lowest BCUT2D eigenvalue weighted by molar-refractivity contribution is 0.0379. The minimum Gasteiger partial charge on any atom is -0.459 e. The van der Waals surface area contributed by atoms with Gasteiger partial charge in [-0.05, 0) is 26.8 Å². The molecule has 0 radical (unpaired) electrons. The number of anilines is 1. The molecule has 0 spiro atoms. The molecule has 1 rings (SSSR count). The summed E-state index contributed by atoms with van der Waals surface area (Å²) in [5.74, 6) is -0.400. The minimum atomic E-state index is -0.400. The van der Waals surface area contributed by atoms with Gasteiger partial charge in [-0.2, -0.15) is 0 Å². The highest BCUT2D eigenvalue weighted by molar-refractivity contribution is 5.95. The van der Waals surface area contributed by atoms with Gasteiger partial charge < -0.3 is 10.5 Å². The van der Waals surface area contributed by atoms with Crippen LogP contribution in [0.2, 0.25) is 0 Å². The molecule has 14 heavy (non-hydrogen) atoms. The van der Waals surface area contributed by atoms with Crippen LogP contribution in [0.1, 0.15) is 29.9 Å². The van der Waals surface area contributed by atoms with Gasteiger partial charge >= 0.3 is 5.97 Å². The van der Waals surface area contributed by atoms with Crippen LogP contribution in [0.5, 0.6) is 0 Å². The van der Waals surface area contributed by atoms with Gasteiger partial charge in [0.05, 0.1) is 23.0 Å². The molecular weight excluding hydrogens is 180 g/mol. The topological polar surface area (TPSA) is 65.2 Å². The summed E-state index contributed by atoms with van der Waals surface area (Å²) < 4.78 is 5.03. The van der Waals surface area contributed by atoms with Gasteiger partial charge in [0.15, 0.2) is 0 Å². The summed E-state index contributed by atoms with van der Waals surface area (Å²) in [7, 11) is 0. The Morgan fingerprint density at radius 2 is 2.21 bits per heavy atom. The van der Waals surface area contributed by atoms with E-state index in [1.807, 2.05) is 0 Å². The predicted octanol–water partition coefficient (Wildman–Crippen LogP) is 1.54. The minimum absolute atomic E-state index is 0.143. The number of hydrogen-bond acceptors (Lipinski definition) is 4. The number of esters is 1. The van der Waals surface area contributed by atoms with E-state index in [4.69, 9.17) is 10.5 Å². The maximum absolute atomic E-state index is 11.5. The monoisotopic (exact) mass is 194 g/mol. The molecule has 1 aromatic rings. The summed E-state index contributed by atoms with van der Waals surface area (Å²) in [5, 5.41) is 0. The molecule has 2 N–H and O–H groups in total. The van der Waals surface area contributed by atoms with Crippen molar-refractivity contribution in [2.24, 2.45) is 0 Å². The standard InChI is InChI=1S/C10H14N2O2/c1-6(2)14-10(13)8-4-5-12-7(3)9(8)11/h4-6H,11H2,1-3H3. The number of nitrogens with two attached hydrogens (primary N) is 1. The molecule has 4 heteroatoms. The number of rotatable bonds is 2. The first-order valence-electron chi connectivity index (χ1n) is 4.44. The van der Waals surface area contributed by atoms with E-state index >= 15 is 0 Å². The van der Waals surface area contributed by atoms with Crippen LogP contribution in [0.15, 0.2) is 12.3 Å². The van der Waals surface area contributed by atoms with Gasteiger partial charge in [0.2, 0.25) is 0 Å². The molecule has 1 heterocycles. The van der Waals surface area contributed by atoms with Crippen LogP contribution in [0.4, 0.5) is 5.69 Å². The number of carbonyl (C=O) groups is 1. The molecule has 0 saturated heterocycles. The zero-order valence-corrected chi connectivity index (χ0v) is 8.57. The lowest BCUT2D eigenvalue weighted by Gasteiger charge is -2.10. The third-order valence-electron chi connectivity index (χ3n) is 1.75. The zero-order chi connectivity index (χ0) is 10.7. The summed E-state index contributed by atoms with van der Waals surface area (Å²) in [5.41, 5.74) is 7.11. The second-order valence-corrected chi connectivity index (χ2v) is 3.31. The lowest BCUT2D eigenvalue weighted by atomic mass is 10.2. The highest BCUT2D eigenvalue weighted by Gasteiger charge is 2.13. The van der Waals surface area contributed by atoms with E-state index in [0.29, 0.717) is 16.9 Å². The Hall–Kier alpha value is -1.58. The van der Waals surface area contributed by atoms with Gasteiger partial charge in [0, 0.05) is 6.20 Å². The van der Waals surface area contributed by atoms with Crippen molar-refractivity contribution in [1.82, 2.24) is 4.98 Å². The first-order chi connectivity index (χ1) is 6.52. The Bertz CT molecular complexity index is 348. The number of pyridine rings is 1. The molecule has 0 bridgehead atoms. The second-order valence-electron chi connectivity index (χ2n) is 3.31. The van der Waals surface area contributed by atoms with E-state index in [-0.39, 0.29) is 6.10 Å². The largest absolute Gasteiger partial charge is 0.459 e. The smallest absolute Gasteiger partial charge is 0.340 e. The van der Waals surface area contributed by atoms with Crippen LogP contribution < -0.4 is 5.73 Å². The first kappa shape index (κ1) is 10.5. The number of ether oxygens (including phenoxy) is 1. The Morgan fingerprint density at radius 3 is 2.79 bits per heavy atom. The summed E-state index contributed by atoms with van der Waals surface area (Å²) in [6.07, 6.45) is 1.40. The highest BCUT2D eigenvalue weighted by atomic mass is 16.5. The van der Waals surface area contributed by atoms with Gasteiger partial charge in [-0.15, -0.1) is 0 Å². The van der Waals surface area contributed by atoms with E-state index < -0.39 is 5.97 Å². The van der Waals surface area contributed by atoms with Crippen molar-refractivity contribution in [3.05, 3.63) is 23.5 Å². The number of aromatic nitrogens is 1. The molecule has 0 aliphatic heterocycles. The number of carbonyl (C=O) groups excluding carboxylic acids is 1. The second kappa shape index (κ2) is 4.09. The van der Waals surface area contributed by atoms with Gasteiger partial charge in [-0.25, -0.2) is 4.79 Å². The lowest BCUT2D eigenvalue weighted by Crippen LogP contribution is -2.14. The molecule has 0 saturated carbocycles. The summed E-state index contributed by atoms with van der Waals surface area (Å²) in [6.45, 7) is 5.34. The molecule has 0 amide bonds. The van der Waals surface area contributed by atoms with Crippen molar-refractivity contribution in [3.8, 4) is 0 Å². The molecule has 1 aromatic heterocycles. The molecule has 0 atom stereocenters. The molecule has 0 unspecified atom stereocenters. The predicted molar refractivity (Wildman–Crippen MR) is 53.9 cm³/mol. The van der Waals surface area contributed by atoms with Crippen molar-refractivity contribution in [3.63, 3.8) is 0 Å². The van der Waals surface area contributed by atoms with Crippen molar-refractivity contribution in [2.45, 2.75) is 26.9 Å². The van der Waals surface area contributed by atoms with Crippen LogP contribution in [0, 0.1) is 6.92 Å². The Balaban J connectivity index is 2.96. The first-order valence-corrected chi connectivity index (χ1v) is 4.44. The summed E-state index contributed by atoms with van der Waals surface area (Å²) >= 11 is 0. The SMILES string of the molecule is Cc1nccc(C(=O)OC(C)C)c1N. The Kier molecular flexibility index (Phi) is 3.06. The molecule has 76 valence electrons. The van der Waals surface area contributed by atoms with Crippen molar-refractivity contribution in [1.29, 1.82) is 0 Å². The number of nitrogens with zero attached hydrogens (tertiary/aromatic N) is 1. The average molecular weight is 194 g/mol. The third kappa shape index (κ3) is 2.22. The molecule has 0 aromatic carbocycles. The van der Waals surface area contributed by atoms with Gasteiger partial charge in [0.1, 0.15) is 0 Å². The van der Waals surface area contributed by atoms with E-state index in [0.717, 1.165) is 0 Å². The molecular formula is C10H14N2O2. The van der Waals surface area contributed by atoms with Crippen LogP contribution in [-0.4, -0.2) is 17.1 Å². The molecule has 4 nitrogen and oxygen atoms in total. The van der Waals surface area contributed by atoms with E-state index in [2.05, 4.69) is 4.98 Å². The maximum atomic E-state index is 11.5. The van der Waals surface area contributed by atoms with E-state index in [1.165, 1.54) is 0 Å². The molecule has 0 fully saturated rings.